The Morgan fingerprint density at radius 1 is 1.00 bits per heavy atom. The van der Waals surface area contributed by atoms with E-state index in [4.69, 9.17) is 0 Å². The molecule has 1 saturated carbocycles. The number of nitroso groups, excluding NO2 is 1. The van der Waals surface area contributed by atoms with Crippen LogP contribution in [0.1, 0.15) is 31.2 Å². The molecular weight excluding hydrogens is 212 g/mol. The number of rotatable bonds is 2. The van der Waals surface area contributed by atoms with Crippen molar-refractivity contribution in [2.24, 2.45) is 5.18 Å². The van der Waals surface area contributed by atoms with Crippen molar-refractivity contribution in [2.75, 3.05) is 0 Å². The van der Waals surface area contributed by atoms with Crippen molar-refractivity contribution in [1.29, 1.82) is 0 Å². The maximum atomic E-state index is 13.1. The highest BCUT2D eigenvalue weighted by Gasteiger charge is 2.45. The highest BCUT2D eigenvalue weighted by atomic mass is 19.3. The molecule has 86 valence electrons. The molecule has 0 aliphatic heterocycles. The van der Waals surface area contributed by atoms with Crippen LogP contribution in [0.4, 0.5) is 8.78 Å². The molecule has 4 heteroatoms. The van der Waals surface area contributed by atoms with Gasteiger partial charge in [0.05, 0.1) is 0 Å². The van der Waals surface area contributed by atoms with Crippen LogP contribution in [0.25, 0.3) is 0 Å². The molecule has 0 heterocycles. The predicted octanol–water partition coefficient (Wildman–Crippen LogP) is 3.86. The summed E-state index contributed by atoms with van der Waals surface area (Å²) in [7, 11) is 0. The first kappa shape index (κ1) is 11.2. The van der Waals surface area contributed by atoms with Gasteiger partial charge in [-0.3, -0.25) is 0 Å². The summed E-state index contributed by atoms with van der Waals surface area (Å²) in [5.41, 5.74) is -0.191. The van der Waals surface area contributed by atoms with Crippen LogP contribution in [0.3, 0.4) is 0 Å². The lowest BCUT2D eigenvalue weighted by atomic mass is 9.76. The van der Waals surface area contributed by atoms with E-state index in [1.807, 2.05) is 6.07 Å². The molecule has 1 aliphatic rings. The van der Waals surface area contributed by atoms with Gasteiger partial charge in [-0.1, -0.05) is 35.5 Å². The Morgan fingerprint density at radius 2 is 1.56 bits per heavy atom. The summed E-state index contributed by atoms with van der Waals surface area (Å²) in [6.45, 7) is 0. The summed E-state index contributed by atoms with van der Waals surface area (Å²) in [4.78, 5) is 11.0. The molecular formula is C12H13F2NO. The standard InChI is InChI=1S/C12H13F2NO/c13-12(14)8-6-11(15-16,7-9-12)10-4-2-1-3-5-10/h1-5H,6-9H2. The van der Waals surface area contributed by atoms with Crippen molar-refractivity contribution in [2.45, 2.75) is 37.1 Å². The van der Waals surface area contributed by atoms with Gasteiger partial charge in [-0.05, 0) is 18.4 Å². The van der Waals surface area contributed by atoms with Gasteiger partial charge in [-0.2, -0.15) is 0 Å². The first-order chi connectivity index (χ1) is 7.58. The molecule has 0 spiro atoms. The van der Waals surface area contributed by atoms with Crippen LogP contribution in [0.2, 0.25) is 0 Å². The Hall–Kier alpha value is -1.32. The van der Waals surface area contributed by atoms with E-state index in [9.17, 15) is 13.7 Å². The molecule has 16 heavy (non-hydrogen) atoms. The third kappa shape index (κ3) is 1.96. The maximum absolute atomic E-state index is 13.1. The first-order valence-corrected chi connectivity index (χ1v) is 5.36. The highest BCUT2D eigenvalue weighted by Crippen LogP contribution is 2.46. The molecule has 0 radical (unpaired) electrons. The van der Waals surface area contributed by atoms with E-state index in [2.05, 4.69) is 5.18 Å². The van der Waals surface area contributed by atoms with Crippen LogP contribution in [0, 0.1) is 4.91 Å². The number of alkyl halides is 2. The van der Waals surface area contributed by atoms with E-state index in [0.29, 0.717) is 0 Å². The lowest BCUT2D eigenvalue weighted by Crippen LogP contribution is -2.34. The fourth-order valence-corrected chi connectivity index (χ4v) is 2.21. The number of hydrogen-bond acceptors (Lipinski definition) is 2. The van der Waals surface area contributed by atoms with Crippen LogP contribution >= 0.6 is 0 Å². The third-order valence-corrected chi connectivity index (χ3v) is 3.29. The molecule has 0 bridgehead atoms. The van der Waals surface area contributed by atoms with E-state index in [1.165, 1.54) is 0 Å². The summed E-state index contributed by atoms with van der Waals surface area (Å²) in [5, 5.41) is 3.13. The Morgan fingerprint density at radius 3 is 2.06 bits per heavy atom. The van der Waals surface area contributed by atoms with Gasteiger partial charge in [0.1, 0.15) is 5.54 Å². The molecule has 0 amide bonds. The lowest BCUT2D eigenvalue weighted by Gasteiger charge is -2.34. The first-order valence-electron chi connectivity index (χ1n) is 5.36. The molecule has 0 N–H and O–H groups in total. The molecule has 1 aromatic carbocycles. The maximum Gasteiger partial charge on any atom is 0.248 e. The average molecular weight is 225 g/mol. The van der Waals surface area contributed by atoms with Crippen LogP contribution in [0.5, 0.6) is 0 Å². The fourth-order valence-electron chi connectivity index (χ4n) is 2.21. The SMILES string of the molecule is O=NC1(c2ccccc2)CCC(F)(F)CC1. The normalized spacial score (nSPS) is 22.6. The Bertz CT molecular complexity index is 368. The molecule has 0 unspecified atom stereocenters. The van der Waals surface area contributed by atoms with Crippen molar-refractivity contribution in [1.82, 2.24) is 0 Å². The molecule has 0 aromatic heterocycles. The molecule has 2 nitrogen and oxygen atoms in total. The zero-order chi connectivity index (χ0) is 11.6. The van der Waals surface area contributed by atoms with E-state index < -0.39 is 11.5 Å². The summed E-state index contributed by atoms with van der Waals surface area (Å²) in [6.07, 6.45) is -0.248. The molecule has 2 rings (SSSR count). The molecule has 0 atom stereocenters. The van der Waals surface area contributed by atoms with Gasteiger partial charge >= 0.3 is 0 Å². The zero-order valence-corrected chi connectivity index (χ0v) is 8.83. The number of halogens is 2. The predicted molar refractivity (Wildman–Crippen MR) is 57.3 cm³/mol. The monoisotopic (exact) mass is 225 g/mol. The molecule has 1 fully saturated rings. The van der Waals surface area contributed by atoms with Gasteiger partial charge in [-0.15, -0.1) is 4.91 Å². The minimum atomic E-state index is -2.64. The van der Waals surface area contributed by atoms with Crippen molar-refractivity contribution < 1.29 is 8.78 Å². The van der Waals surface area contributed by atoms with Crippen molar-refractivity contribution in [3.8, 4) is 0 Å². The second-order valence-electron chi connectivity index (χ2n) is 4.34. The smallest absolute Gasteiger partial charge is 0.207 e. The average Bonchev–Trinajstić information content (AvgIpc) is 2.31. The quantitative estimate of drug-likeness (QED) is 0.703. The van der Waals surface area contributed by atoms with E-state index >= 15 is 0 Å². The summed E-state index contributed by atoms with van der Waals surface area (Å²) in [6, 6.07) is 9.00. The van der Waals surface area contributed by atoms with Crippen molar-refractivity contribution in [3.05, 3.63) is 40.8 Å². The van der Waals surface area contributed by atoms with Crippen LogP contribution in [0.15, 0.2) is 35.5 Å². The fraction of sp³-hybridized carbons (Fsp3) is 0.500. The topological polar surface area (TPSA) is 29.4 Å². The van der Waals surface area contributed by atoms with Gasteiger partial charge in [-0.25, -0.2) is 8.78 Å². The highest BCUT2D eigenvalue weighted by molar-refractivity contribution is 5.25. The van der Waals surface area contributed by atoms with Crippen LogP contribution in [-0.4, -0.2) is 5.92 Å². The van der Waals surface area contributed by atoms with Gasteiger partial charge in [0.25, 0.3) is 0 Å². The molecule has 0 saturated heterocycles. The Balaban J connectivity index is 2.26. The summed E-state index contributed by atoms with van der Waals surface area (Å²) >= 11 is 0. The molecule has 1 aliphatic carbocycles. The van der Waals surface area contributed by atoms with E-state index in [1.54, 1.807) is 24.3 Å². The second kappa shape index (κ2) is 3.92. The van der Waals surface area contributed by atoms with Crippen LogP contribution in [-0.2, 0) is 5.54 Å². The summed E-state index contributed by atoms with van der Waals surface area (Å²) < 4.78 is 26.1. The van der Waals surface area contributed by atoms with Gasteiger partial charge in [0.2, 0.25) is 5.92 Å². The van der Waals surface area contributed by atoms with E-state index in [-0.39, 0.29) is 25.7 Å². The van der Waals surface area contributed by atoms with E-state index in [0.717, 1.165) is 5.56 Å². The third-order valence-electron chi connectivity index (χ3n) is 3.29. The van der Waals surface area contributed by atoms with Gasteiger partial charge < -0.3 is 0 Å². The van der Waals surface area contributed by atoms with Gasteiger partial charge in [0, 0.05) is 12.8 Å². The second-order valence-corrected chi connectivity index (χ2v) is 4.34. The lowest BCUT2D eigenvalue weighted by molar-refractivity contribution is -0.0512. The Labute approximate surface area is 92.6 Å². The number of nitrogens with zero attached hydrogens (tertiary/aromatic N) is 1. The minimum absolute atomic E-state index is 0.132. The number of benzene rings is 1. The Kier molecular flexibility index (Phi) is 2.74. The summed E-state index contributed by atoms with van der Waals surface area (Å²) in [5.74, 6) is -2.64. The largest absolute Gasteiger partial charge is 0.248 e. The molecule has 1 aromatic rings. The van der Waals surface area contributed by atoms with Crippen molar-refractivity contribution >= 4 is 0 Å². The van der Waals surface area contributed by atoms with Crippen molar-refractivity contribution in [3.63, 3.8) is 0 Å². The zero-order valence-electron chi connectivity index (χ0n) is 8.83. The van der Waals surface area contributed by atoms with Gasteiger partial charge in [0.15, 0.2) is 0 Å². The van der Waals surface area contributed by atoms with Crippen LogP contribution < -0.4 is 0 Å². The number of hydrogen-bond donors (Lipinski definition) is 0. The minimum Gasteiger partial charge on any atom is -0.207 e.